The van der Waals surface area contributed by atoms with Gasteiger partial charge < -0.3 is 10.6 Å². The van der Waals surface area contributed by atoms with Crippen molar-refractivity contribution in [2.45, 2.75) is 20.4 Å². The summed E-state index contributed by atoms with van der Waals surface area (Å²) in [6.45, 7) is 4.46. The number of rotatable bonds is 6. The van der Waals surface area contributed by atoms with E-state index in [1.807, 2.05) is 6.92 Å². The number of aromatic nitrogens is 4. The van der Waals surface area contributed by atoms with Gasteiger partial charge in [-0.2, -0.15) is 0 Å². The molecule has 0 bridgehead atoms. The summed E-state index contributed by atoms with van der Waals surface area (Å²) in [5.41, 5.74) is 0.547. The van der Waals surface area contributed by atoms with E-state index in [1.54, 1.807) is 19.2 Å². The molecule has 0 aromatic carbocycles. The lowest BCUT2D eigenvalue weighted by atomic mass is 10.3. The van der Waals surface area contributed by atoms with Crippen molar-refractivity contribution < 1.29 is 4.92 Å². The number of anilines is 2. The molecule has 0 saturated carbocycles. The van der Waals surface area contributed by atoms with E-state index in [0.29, 0.717) is 18.9 Å². The van der Waals surface area contributed by atoms with Gasteiger partial charge in [0.1, 0.15) is 12.2 Å². The zero-order chi connectivity index (χ0) is 15.2. The molecular weight excluding hydrogens is 274 g/mol. The number of hydrogen-bond donors (Lipinski definition) is 2. The largest absolute Gasteiger partial charge is 0.364 e. The fourth-order valence-corrected chi connectivity index (χ4v) is 1.76. The summed E-state index contributed by atoms with van der Waals surface area (Å²) < 4.78 is 0. The summed E-state index contributed by atoms with van der Waals surface area (Å²) in [6, 6.07) is 1.73. The van der Waals surface area contributed by atoms with Crippen LogP contribution in [0, 0.1) is 17.0 Å². The molecular formula is C12H15N7O2. The van der Waals surface area contributed by atoms with Crippen LogP contribution in [-0.2, 0) is 6.54 Å². The van der Waals surface area contributed by atoms with Crippen molar-refractivity contribution in [3.05, 3.63) is 40.2 Å². The van der Waals surface area contributed by atoms with Crippen LogP contribution in [0.25, 0.3) is 0 Å². The maximum Gasteiger partial charge on any atom is 0.353 e. The molecule has 0 spiro atoms. The zero-order valence-electron chi connectivity index (χ0n) is 11.7. The Labute approximate surface area is 121 Å². The number of nitrogens with one attached hydrogen (secondary N) is 2. The molecule has 0 fully saturated rings. The topological polar surface area (TPSA) is 119 Å². The van der Waals surface area contributed by atoms with Gasteiger partial charge in [0.05, 0.1) is 17.2 Å². The second kappa shape index (κ2) is 6.55. The molecule has 0 saturated heterocycles. The lowest BCUT2D eigenvalue weighted by Crippen LogP contribution is -2.10. The summed E-state index contributed by atoms with van der Waals surface area (Å²) in [6.07, 6.45) is 2.91. The van der Waals surface area contributed by atoms with E-state index >= 15 is 0 Å². The molecule has 0 amide bonds. The Morgan fingerprint density at radius 3 is 2.57 bits per heavy atom. The molecule has 2 heterocycles. The minimum Gasteiger partial charge on any atom is -0.364 e. The Kier molecular flexibility index (Phi) is 4.54. The first-order valence-electron chi connectivity index (χ1n) is 6.37. The highest BCUT2D eigenvalue weighted by Gasteiger charge is 2.22. The van der Waals surface area contributed by atoms with Crippen LogP contribution >= 0.6 is 0 Å². The SMILES string of the molecule is CCNc1ncnc(NCc2ccnc(C)n2)c1[N+](=O)[O-]. The first-order valence-corrected chi connectivity index (χ1v) is 6.37. The quantitative estimate of drug-likeness (QED) is 0.607. The highest BCUT2D eigenvalue weighted by molar-refractivity contribution is 5.69. The van der Waals surface area contributed by atoms with Crippen molar-refractivity contribution in [3.8, 4) is 0 Å². The van der Waals surface area contributed by atoms with E-state index in [0.717, 1.165) is 5.69 Å². The van der Waals surface area contributed by atoms with Gasteiger partial charge >= 0.3 is 5.69 Å². The van der Waals surface area contributed by atoms with Gasteiger partial charge in [-0.05, 0) is 19.9 Å². The maximum absolute atomic E-state index is 11.2. The monoisotopic (exact) mass is 289 g/mol. The van der Waals surface area contributed by atoms with Crippen LogP contribution < -0.4 is 10.6 Å². The minimum atomic E-state index is -0.508. The fourth-order valence-electron chi connectivity index (χ4n) is 1.76. The molecule has 2 aromatic heterocycles. The lowest BCUT2D eigenvalue weighted by molar-refractivity contribution is -0.383. The first-order chi connectivity index (χ1) is 10.1. The molecule has 0 aliphatic rings. The van der Waals surface area contributed by atoms with E-state index < -0.39 is 4.92 Å². The molecule has 9 nitrogen and oxygen atoms in total. The Bertz CT molecular complexity index is 647. The highest BCUT2D eigenvalue weighted by Crippen LogP contribution is 2.28. The van der Waals surface area contributed by atoms with Gasteiger partial charge in [-0.15, -0.1) is 0 Å². The molecule has 0 aliphatic heterocycles. The van der Waals surface area contributed by atoms with E-state index in [2.05, 4.69) is 30.6 Å². The number of aryl methyl sites for hydroxylation is 1. The summed E-state index contributed by atoms with van der Waals surface area (Å²) in [4.78, 5) is 26.7. The van der Waals surface area contributed by atoms with Crippen molar-refractivity contribution in [2.24, 2.45) is 0 Å². The van der Waals surface area contributed by atoms with Gasteiger partial charge in [-0.3, -0.25) is 10.1 Å². The Morgan fingerprint density at radius 2 is 1.95 bits per heavy atom. The Morgan fingerprint density at radius 1 is 1.24 bits per heavy atom. The zero-order valence-corrected chi connectivity index (χ0v) is 11.7. The van der Waals surface area contributed by atoms with Crippen LogP contribution in [0.4, 0.5) is 17.3 Å². The summed E-state index contributed by atoms with van der Waals surface area (Å²) in [5, 5.41) is 17.0. The van der Waals surface area contributed by atoms with E-state index in [1.165, 1.54) is 6.33 Å². The molecule has 110 valence electrons. The van der Waals surface area contributed by atoms with Crippen molar-refractivity contribution in [3.63, 3.8) is 0 Å². The summed E-state index contributed by atoms with van der Waals surface area (Å²) in [5.74, 6) is 0.987. The maximum atomic E-state index is 11.2. The number of nitro groups is 1. The molecule has 9 heteroatoms. The number of hydrogen-bond acceptors (Lipinski definition) is 8. The van der Waals surface area contributed by atoms with Crippen molar-refractivity contribution in [1.82, 2.24) is 19.9 Å². The van der Waals surface area contributed by atoms with E-state index in [-0.39, 0.29) is 17.3 Å². The van der Waals surface area contributed by atoms with Crippen LogP contribution in [0.5, 0.6) is 0 Å². The highest BCUT2D eigenvalue weighted by atomic mass is 16.6. The van der Waals surface area contributed by atoms with Crippen LogP contribution in [0.1, 0.15) is 18.4 Å². The molecule has 0 radical (unpaired) electrons. The molecule has 2 N–H and O–H groups in total. The predicted octanol–water partition coefficient (Wildman–Crippen LogP) is 1.53. The second-order valence-electron chi connectivity index (χ2n) is 4.16. The fraction of sp³-hybridized carbons (Fsp3) is 0.333. The average molecular weight is 289 g/mol. The smallest absolute Gasteiger partial charge is 0.353 e. The van der Waals surface area contributed by atoms with Gasteiger partial charge in [-0.1, -0.05) is 0 Å². The molecule has 2 rings (SSSR count). The van der Waals surface area contributed by atoms with Gasteiger partial charge in [0.15, 0.2) is 0 Å². The third-order valence-corrected chi connectivity index (χ3v) is 2.62. The minimum absolute atomic E-state index is 0.155. The molecule has 2 aromatic rings. The van der Waals surface area contributed by atoms with Crippen LogP contribution in [0.15, 0.2) is 18.6 Å². The Hall–Kier alpha value is -2.84. The van der Waals surface area contributed by atoms with Crippen molar-refractivity contribution in [1.29, 1.82) is 0 Å². The molecule has 0 atom stereocenters. The van der Waals surface area contributed by atoms with Crippen LogP contribution in [0.3, 0.4) is 0 Å². The third-order valence-electron chi connectivity index (χ3n) is 2.62. The normalized spacial score (nSPS) is 10.2. The van der Waals surface area contributed by atoms with Gasteiger partial charge in [0.2, 0.25) is 11.6 Å². The van der Waals surface area contributed by atoms with E-state index in [9.17, 15) is 10.1 Å². The Balaban J connectivity index is 2.23. The van der Waals surface area contributed by atoms with Gasteiger partial charge in [0, 0.05) is 12.7 Å². The van der Waals surface area contributed by atoms with Crippen molar-refractivity contribution >= 4 is 17.3 Å². The summed E-state index contributed by atoms with van der Waals surface area (Å²) in [7, 11) is 0. The number of nitrogens with zero attached hydrogens (tertiary/aromatic N) is 5. The molecule has 0 aliphatic carbocycles. The van der Waals surface area contributed by atoms with Crippen LogP contribution in [-0.4, -0.2) is 31.4 Å². The van der Waals surface area contributed by atoms with Crippen LogP contribution in [0.2, 0.25) is 0 Å². The molecule has 21 heavy (non-hydrogen) atoms. The standard InChI is InChI=1S/C12H15N7O2/c1-3-13-11-10(19(20)21)12(17-7-16-11)15-6-9-4-5-14-8(2)18-9/h4-5,7H,3,6H2,1-2H3,(H2,13,15,16,17). The average Bonchev–Trinajstić information content (AvgIpc) is 2.45. The predicted molar refractivity (Wildman–Crippen MR) is 76.9 cm³/mol. The third kappa shape index (κ3) is 3.59. The lowest BCUT2D eigenvalue weighted by Gasteiger charge is -2.08. The second-order valence-corrected chi connectivity index (χ2v) is 4.16. The van der Waals surface area contributed by atoms with Gasteiger partial charge in [0.25, 0.3) is 0 Å². The molecule has 0 unspecified atom stereocenters. The van der Waals surface area contributed by atoms with E-state index in [4.69, 9.17) is 0 Å². The summed E-state index contributed by atoms with van der Waals surface area (Å²) >= 11 is 0. The van der Waals surface area contributed by atoms with Crippen molar-refractivity contribution in [2.75, 3.05) is 17.2 Å². The first kappa shape index (κ1) is 14.6. The van der Waals surface area contributed by atoms with Gasteiger partial charge in [-0.25, -0.2) is 19.9 Å².